The molecule has 2 aliphatic rings. The quantitative estimate of drug-likeness (QED) is 0.228. The highest BCUT2D eigenvalue weighted by Gasteiger charge is 2.24. The Kier molecular flexibility index (Phi) is 6.74. The van der Waals surface area contributed by atoms with E-state index in [1.54, 1.807) is 11.0 Å². The lowest BCUT2D eigenvalue weighted by molar-refractivity contribution is -0.759. The Balaban J connectivity index is 1.25. The van der Waals surface area contributed by atoms with Gasteiger partial charge in [-0.3, -0.25) is 4.52 Å². The predicted molar refractivity (Wildman–Crippen MR) is 123 cm³/mol. The number of nitriles is 1. The van der Waals surface area contributed by atoms with Gasteiger partial charge in [0.25, 0.3) is 6.20 Å². The monoisotopic (exact) mass is 476 g/mol. The van der Waals surface area contributed by atoms with Crippen molar-refractivity contribution >= 4 is 23.5 Å². The molecule has 0 spiro atoms. The van der Waals surface area contributed by atoms with E-state index < -0.39 is 0 Å². The van der Waals surface area contributed by atoms with Crippen LogP contribution in [-0.2, 0) is 17.6 Å². The van der Waals surface area contributed by atoms with Gasteiger partial charge in [-0.15, -0.1) is 5.01 Å². The van der Waals surface area contributed by atoms with Gasteiger partial charge in [0.1, 0.15) is 11.1 Å². The van der Waals surface area contributed by atoms with Crippen LogP contribution in [0.1, 0.15) is 34.7 Å². The summed E-state index contributed by atoms with van der Waals surface area (Å²) >= 11 is 1.23. The number of hydrogen-bond acceptors (Lipinski definition) is 9. The molecule has 9 nitrogen and oxygen atoms in total. The van der Waals surface area contributed by atoms with Crippen LogP contribution in [0.3, 0.4) is 0 Å². The number of aliphatic imine (C=N–C) groups is 1. The maximum atomic E-state index is 12.4. The van der Waals surface area contributed by atoms with E-state index in [0.717, 1.165) is 30.5 Å². The lowest BCUT2D eigenvalue weighted by Gasteiger charge is -2.25. The first-order valence-corrected chi connectivity index (χ1v) is 12.2. The summed E-state index contributed by atoms with van der Waals surface area (Å²) in [4.78, 5) is 10.3. The number of thioether (sulfide) groups is 1. The van der Waals surface area contributed by atoms with Gasteiger partial charge in [0, 0.05) is 11.4 Å². The topological polar surface area (TPSA) is 114 Å². The number of pyridine rings is 1. The van der Waals surface area contributed by atoms with Crippen LogP contribution in [0.25, 0.3) is 0 Å². The normalized spacial score (nSPS) is 18.4. The fourth-order valence-electron chi connectivity index (χ4n) is 4.30. The molecule has 2 aromatic heterocycles. The molecule has 0 amide bonds. The molecule has 34 heavy (non-hydrogen) atoms. The van der Waals surface area contributed by atoms with E-state index in [1.165, 1.54) is 17.3 Å². The number of morpholine rings is 1. The molecule has 3 heterocycles. The largest absolute Gasteiger partial charge is 0.861 e. The second kappa shape index (κ2) is 10.2. The van der Waals surface area contributed by atoms with Crippen molar-refractivity contribution in [1.82, 2.24) is 10.3 Å². The minimum Gasteiger partial charge on any atom is -0.861 e. The number of aromatic nitrogens is 3. The molecule has 1 saturated heterocycles. The minimum absolute atomic E-state index is 0.0609. The third-order valence-electron chi connectivity index (χ3n) is 6.03. The molecule has 1 aliphatic carbocycles. The van der Waals surface area contributed by atoms with Crippen molar-refractivity contribution in [3.05, 3.63) is 65.0 Å². The van der Waals surface area contributed by atoms with Crippen LogP contribution in [0.4, 0.5) is 5.88 Å². The van der Waals surface area contributed by atoms with E-state index in [1.807, 2.05) is 17.1 Å². The van der Waals surface area contributed by atoms with Crippen LogP contribution in [0.5, 0.6) is 0 Å². The molecule has 1 unspecified atom stereocenters. The van der Waals surface area contributed by atoms with Crippen LogP contribution in [0.2, 0.25) is 0 Å². The summed E-state index contributed by atoms with van der Waals surface area (Å²) in [6.07, 6.45) is 4.32. The van der Waals surface area contributed by atoms with Gasteiger partial charge in [0.2, 0.25) is 5.27 Å². The highest BCUT2D eigenvalue weighted by atomic mass is 32.2. The van der Waals surface area contributed by atoms with Crippen LogP contribution in [0.15, 0.2) is 57.1 Å². The average molecular weight is 477 g/mol. The predicted octanol–water partition coefficient (Wildman–Crippen LogP) is 1.65. The van der Waals surface area contributed by atoms with Crippen molar-refractivity contribution in [2.24, 2.45) is 4.99 Å². The van der Waals surface area contributed by atoms with Gasteiger partial charge in [-0.1, -0.05) is 42.1 Å². The Morgan fingerprint density at radius 2 is 2.12 bits per heavy atom. The lowest BCUT2D eigenvalue weighted by Crippen LogP contribution is -2.62. The minimum atomic E-state index is -0.372. The van der Waals surface area contributed by atoms with Crippen LogP contribution >= 0.6 is 11.8 Å². The number of aryl methyl sites for hydroxylation is 1. The molecule has 5 rings (SSSR count). The highest BCUT2D eigenvalue weighted by molar-refractivity contribution is 7.99. The number of rotatable bonds is 6. The summed E-state index contributed by atoms with van der Waals surface area (Å²) in [5, 5.41) is 28.5. The van der Waals surface area contributed by atoms with Gasteiger partial charge >= 0.3 is 5.88 Å². The maximum Gasteiger partial charge on any atom is 0.324 e. The first-order valence-electron chi connectivity index (χ1n) is 11.3. The number of hydrogen-bond donors (Lipinski definition) is 0. The van der Waals surface area contributed by atoms with Gasteiger partial charge in [-0.2, -0.15) is 5.26 Å². The second-order valence-electron chi connectivity index (χ2n) is 8.23. The van der Waals surface area contributed by atoms with Crippen molar-refractivity contribution in [1.29, 1.82) is 5.26 Å². The van der Waals surface area contributed by atoms with Crippen LogP contribution in [-0.4, -0.2) is 48.2 Å². The number of nitrogens with zero attached hydrogens (tertiary/aromatic N) is 6. The molecular formula is C24H24N6O3S. The fourth-order valence-corrected chi connectivity index (χ4v) is 5.06. The zero-order chi connectivity index (χ0) is 23.3. The van der Waals surface area contributed by atoms with E-state index in [2.05, 4.69) is 40.6 Å². The van der Waals surface area contributed by atoms with Gasteiger partial charge in [-0.05, 0) is 48.3 Å². The smallest absolute Gasteiger partial charge is 0.324 e. The zero-order valence-electron chi connectivity index (χ0n) is 18.6. The first-order chi connectivity index (χ1) is 16.7. The van der Waals surface area contributed by atoms with Gasteiger partial charge in [-0.25, -0.2) is 9.98 Å². The lowest BCUT2D eigenvalue weighted by atomic mass is 9.82. The van der Waals surface area contributed by atoms with Crippen molar-refractivity contribution in [2.75, 3.05) is 37.1 Å². The summed E-state index contributed by atoms with van der Waals surface area (Å²) < 4.78 is 10.5. The van der Waals surface area contributed by atoms with Crippen LogP contribution < -0.4 is 14.9 Å². The van der Waals surface area contributed by atoms with E-state index in [-0.39, 0.29) is 17.5 Å². The summed E-state index contributed by atoms with van der Waals surface area (Å²) in [5.74, 6) is 0.263. The van der Waals surface area contributed by atoms with E-state index in [0.29, 0.717) is 42.8 Å². The van der Waals surface area contributed by atoms with Crippen molar-refractivity contribution in [2.45, 2.75) is 30.2 Å². The van der Waals surface area contributed by atoms with Crippen molar-refractivity contribution in [3.63, 3.8) is 0 Å². The summed E-state index contributed by atoms with van der Waals surface area (Å²) in [6, 6.07) is 14.6. The SMILES string of the molecule is N#Cc1cc2c(nc1SC/C([O-])=N\c1c[n+](N3CCOCC3)no1)CCC(c1ccccc1)C2. The third-order valence-corrected chi connectivity index (χ3v) is 7.01. The van der Waals surface area contributed by atoms with Gasteiger partial charge in [0.15, 0.2) is 0 Å². The number of benzene rings is 1. The molecule has 0 N–H and O–H groups in total. The number of ether oxygens (including phenoxy) is 1. The molecule has 1 atom stereocenters. The Labute approximate surface area is 201 Å². The molecule has 10 heteroatoms. The molecule has 3 aromatic rings. The van der Waals surface area contributed by atoms with E-state index in [9.17, 15) is 10.4 Å². The molecule has 0 saturated carbocycles. The summed E-state index contributed by atoms with van der Waals surface area (Å²) in [5.41, 5.74) is 3.95. The summed E-state index contributed by atoms with van der Waals surface area (Å²) in [7, 11) is 0. The Morgan fingerprint density at radius 1 is 1.29 bits per heavy atom. The standard InChI is InChI=1S/C24H24N6O3S/c25-14-20-13-19-12-18(17-4-2-1-3-5-17)6-7-21(19)26-24(20)34-16-22(31)27-23-15-30(28-33-23)29-8-10-32-11-9-29/h1-5,13,15,18H,6-12,16H2. The van der Waals surface area contributed by atoms with Gasteiger partial charge < -0.3 is 9.84 Å². The highest BCUT2D eigenvalue weighted by Crippen LogP contribution is 2.34. The Bertz CT molecular complexity index is 1220. The maximum absolute atomic E-state index is 12.4. The third kappa shape index (κ3) is 5.05. The second-order valence-corrected chi connectivity index (χ2v) is 9.19. The summed E-state index contributed by atoms with van der Waals surface area (Å²) in [6.45, 7) is 2.61. The number of fused-ring (bicyclic) bond motifs is 1. The van der Waals surface area contributed by atoms with Crippen molar-refractivity contribution in [3.8, 4) is 6.07 Å². The molecule has 0 bridgehead atoms. The first kappa shape index (κ1) is 22.4. The average Bonchev–Trinajstić information content (AvgIpc) is 3.36. The zero-order valence-corrected chi connectivity index (χ0v) is 19.4. The fraction of sp³-hybridized carbons (Fsp3) is 0.375. The van der Waals surface area contributed by atoms with Crippen molar-refractivity contribution < 1.29 is 19.2 Å². The molecule has 1 fully saturated rings. The molecule has 174 valence electrons. The Morgan fingerprint density at radius 3 is 2.91 bits per heavy atom. The Hall–Kier alpha value is -3.42. The van der Waals surface area contributed by atoms with E-state index >= 15 is 0 Å². The van der Waals surface area contributed by atoms with Gasteiger partial charge in [0.05, 0.1) is 36.7 Å². The molecular weight excluding hydrogens is 452 g/mol. The molecule has 0 radical (unpaired) electrons. The van der Waals surface area contributed by atoms with Crippen LogP contribution in [0, 0.1) is 11.3 Å². The van der Waals surface area contributed by atoms with E-state index in [4.69, 9.17) is 14.2 Å². The molecule has 1 aliphatic heterocycles. The molecule has 1 aromatic carbocycles.